The molecule has 5 rings (SSSR count). The molecule has 0 aliphatic rings. The van der Waals surface area contributed by atoms with Gasteiger partial charge in [-0.3, -0.25) is 0 Å². The van der Waals surface area contributed by atoms with Crippen LogP contribution >= 0.6 is 36.7 Å². The monoisotopic (exact) mass is 923 g/mol. The van der Waals surface area contributed by atoms with Crippen LogP contribution in [0.5, 0.6) is 0 Å². The molecule has 0 fully saturated rings. The van der Waals surface area contributed by atoms with Gasteiger partial charge in [-0.2, -0.15) is 0 Å². The van der Waals surface area contributed by atoms with Crippen LogP contribution in [0.1, 0.15) is 0 Å². The van der Waals surface area contributed by atoms with Gasteiger partial charge in [-0.15, -0.1) is 0 Å². The zero-order valence-electron chi connectivity index (χ0n) is 22.7. The predicted molar refractivity (Wildman–Crippen MR) is 190 cm³/mol. The van der Waals surface area contributed by atoms with Gasteiger partial charge in [0.1, 0.15) is 0 Å². The third kappa shape index (κ3) is 11.3. The molecule has 0 aliphatic carbocycles. The van der Waals surface area contributed by atoms with E-state index in [1.165, 1.54) is 22.7 Å². The maximum absolute atomic E-state index is 4.97. The van der Waals surface area contributed by atoms with Gasteiger partial charge in [-0.1, -0.05) is 0 Å². The standard InChI is InChI=1S/C34H35As2P.3ClH.Ir/c1-6-16-30(17-7-1)35(31-18-8-2-9-19-31)26-28-37(34-24-14-5-15-25-34)29-27-36(32-20-10-3-11-21-32)33-22-12-4-13-23-33;;;;/h1-25,35-36H,26-29H2;3*1H;/q;;;;+3/p-2. The zero-order valence-corrected chi connectivity index (χ0v) is 32.6. The van der Waals surface area contributed by atoms with Crippen molar-refractivity contribution in [2.24, 2.45) is 0 Å². The van der Waals surface area contributed by atoms with Crippen molar-refractivity contribution in [1.82, 2.24) is 0 Å². The fraction of sp³-hybridized carbons (Fsp3) is 0.118. The SMILES string of the molecule is [Cl][Ir]([Cl])[Cl].c1ccc([PH+](CC[AsH](c2ccccc2)c2ccccc2)CC[AsH](c2ccccc2)c2ccccc2)cc1. The summed E-state index contributed by atoms with van der Waals surface area (Å²) in [7, 11) is 14.3. The van der Waals surface area contributed by atoms with Crippen molar-refractivity contribution < 1.29 is 13.5 Å². The summed E-state index contributed by atoms with van der Waals surface area (Å²) in [6, 6.07) is 57.0. The van der Waals surface area contributed by atoms with Crippen molar-refractivity contribution >= 4 is 88.7 Å². The summed E-state index contributed by atoms with van der Waals surface area (Å²) in [6.07, 6.45) is 2.73. The minimum atomic E-state index is -1.92. The second-order valence-corrected chi connectivity index (χ2v) is 33.7. The maximum atomic E-state index is 4.97. The Balaban J connectivity index is 0.000000909. The number of halogens is 3. The van der Waals surface area contributed by atoms with Gasteiger partial charge in [-0.05, 0) is 0 Å². The summed E-state index contributed by atoms with van der Waals surface area (Å²) in [6.45, 7) is 0. The van der Waals surface area contributed by atoms with E-state index in [1.54, 1.807) is 22.7 Å². The van der Waals surface area contributed by atoms with Crippen molar-refractivity contribution in [2.45, 2.75) is 10.4 Å². The summed E-state index contributed by atoms with van der Waals surface area (Å²) < 4.78 is 6.41. The average Bonchev–Trinajstić information content (AvgIpc) is 3.02. The van der Waals surface area contributed by atoms with Crippen molar-refractivity contribution in [3.8, 4) is 0 Å². The molecule has 0 saturated heterocycles. The van der Waals surface area contributed by atoms with Crippen molar-refractivity contribution in [3.63, 3.8) is 0 Å². The topological polar surface area (TPSA) is 0 Å². The quantitative estimate of drug-likeness (QED) is 0.103. The Morgan fingerprint density at radius 1 is 0.415 bits per heavy atom. The predicted octanol–water partition coefficient (Wildman–Crippen LogP) is 6.68. The summed E-state index contributed by atoms with van der Waals surface area (Å²) in [5, 5.41) is 4.34. The van der Waals surface area contributed by atoms with Crippen LogP contribution in [-0.4, -0.2) is 41.6 Å². The molecule has 0 spiro atoms. The van der Waals surface area contributed by atoms with E-state index in [1.807, 2.05) is 0 Å². The van der Waals surface area contributed by atoms with Crippen LogP contribution in [-0.2, 0) is 13.5 Å². The van der Waals surface area contributed by atoms with Gasteiger partial charge >= 0.3 is 277 Å². The first-order valence-electron chi connectivity index (χ1n) is 13.6. The fourth-order valence-corrected chi connectivity index (χ4v) is 23.5. The van der Waals surface area contributed by atoms with Crippen molar-refractivity contribution in [1.29, 1.82) is 0 Å². The Morgan fingerprint density at radius 2 is 0.659 bits per heavy atom. The van der Waals surface area contributed by atoms with Gasteiger partial charge in [0.15, 0.2) is 0 Å². The fourth-order valence-electron chi connectivity index (χ4n) is 5.11. The van der Waals surface area contributed by atoms with Crippen molar-refractivity contribution in [2.75, 3.05) is 12.3 Å². The van der Waals surface area contributed by atoms with E-state index < -0.39 is 50.7 Å². The molecule has 0 unspecified atom stereocenters. The van der Waals surface area contributed by atoms with Gasteiger partial charge in [0, 0.05) is 0 Å². The van der Waals surface area contributed by atoms with Crippen LogP contribution in [0.2, 0.25) is 10.4 Å². The van der Waals surface area contributed by atoms with Gasteiger partial charge in [0.2, 0.25) is 0 Å². The normalized spacial score (nSPS) is 11.3. The van der Waals surface area contributed by atoms with Crippen LogP contribution in [0.3, 0.4) is 0 Å². The summed E-state index contributed by atoms with van der Waals surface area (Å²) in [5.74, 6) is 0. The van der Waals surface area contributed by atoms with Crippen LogP contribution < -0.4 is 22.7 Å². The molecule has 0 heterocycles. The molecule has 0 atom stereocenters. The molecule has 216 valence electrons. The zero-order chi connectivity index (χ0) is 28.7. The molecule has 41 heavy (non-hydrogen) atoms. The molecule has 5 aromatic carbocycles. The van der Waals surface area contributed by atoms with Gasteiger partial charge in [0.25, 0.3) is 0 Å². The Labute approximate surface area is 273 Å². The van der Waals surface area contributed by atoms with E-state index in [-0.39, 0.29) is 0 Å². The Hall–Kier alpha value is -0.834. The van der Waals surface area contributed by atoms with Gasteiger partial charge in [-0.25, -0.2) is 0 Å². The number of hydrogen-bond donors (Lipinski definition) is 0. The number of hydrogen-bond acceptors (Lipinski definition) is 0. The van der Waals surface area contributed by atoms with E-state index in [2.05, 4.69) is 152 Å². The second kappa shape index (κ2) is 18.7. The summed E-state index contributed by atoms with van der Waals surface area (Å²) in [4.78, 5) is 0. The van der Waals surface area contributed by atoms with Gasteiger partial charge < -0.3 is 0 Å². The Morgan fingerprint density at radius 3 is 0.927 bits per heavy atom. The average molecular weight is 924 g/mol. The molecule has 0 aromatic heterocycles. The summed E-state index contributed by atoms with van der Waals surface area (Å²) in [5.41, 5.74) is 0. The van der Waals surface area contributed by atoms with E-state index in [9.17, 15) is 0 Å². The van der Waals surface area contributed by atoms with Gasteiger partial charge in [0.05, 0.1) is 0 Å². The Bertz CT molecular complexity index is 1210. The molecule has 0 bridgehead atoms. The van der Waals surface area contributed by atoms with Crippen LogP contribution in [0.15, 0.2) is 152 Å². The molecule has 5 aromatic rings. The molecular formula is C34H36As2Cl3IrP+. The molecule has 0 amide bonds. The molecule has 7 heteroatoms. The first-order valence-corrected chi connectivity index (χ1v) is 31.6. The molecule has 0 nitrogen and oxygen atoms in total. The summed E-state index contributed by atoms with van der Waals surface area (Å²) >= 11 is -5.12. The van der Waals surface area contributed by atoms with Crippen LogP contribution in [0, 0.1) is 0 Å². The van der Waals surface area contributed by atoms with E-state index in [0.717, 1.165) is 0 Å². The van der Waals surface area contributed by atoms with E-state index in [4.69, 9.17) is 28.8 Å². The third-order valence-corrected chi connectivity index (χ3v) is 23.8. The molecule has 0 saturated carbocycles. The molecular weight excluding hydrogens is 888 g/mol. The minimum absolute atomic E-state index is 0.657. The van der Waals surface area contributed by atoms with E-state index in [0.29, 0.717) is 0 Å². The Kier molecular flexibility index (Phi) is 15.1. The van der Waals surface area contributed by atoms with E-state index >= 15 is 0 Å². The first kappa shape index (κ1) is 33.1. The molecule has 2 radical (unpaired) electrons. The molecule has 0 aliphatic heterocycles. The van der Waals surface area contributed by atoms with Crippen molar-refractivity contribution in [3.05, 3.63) is 152 Å². The second-order valence-electron chi connectivity index (χ2n) is 9.53. The van der Waals surface area contributed by atoms with Crippen LogP contribution in [0.25, 0.3) is 0 Å². The third-order valence-electron chi connectivity index (χ3n) is 7.02. The van der Waals surface area contributed by atoms with Crippen LogP contribution in [0.4, 0.5) is 0 Å². The molecule has 0 N–H and O–H groups in total. The number of rotatable bonds is 11. The first-order chi connectivity index (χ1) is 20.1. The number of benzene rings is 5.